The van der Waals surface area contributed by atoms with Gasteiger partial charge in [-0.3, -0.25) is 4.79 Å². The molecular formula is C27H26FN5O4. The van der Waals surface area contributed by atoms with Gasteiger partial charge in [0.2, 0.25) is 5.95 Å². The van der Waals surface area contributed by atoms with Gasteiger partial charge in [0, 0.05) is 50.1 Å². The Hall–Kier alpha value is -4.23. The molecule has 190 valence electrons. The third kappa shape index (κ3) is 5.78. The number of ether oxygens (including phenoxy) is 2. The number of nitrogens with one attached hydrogen (secondary N) is 1. The fourth-order valence-corrected chi connectivity index (χ4v) is 4.24. The fourth-order valence-electron chi connectivity index (χ4n) is 4.24. The molecule has 9 nitrogen and oxygen atoms in total. The van der Waals surface area contributed by atoms with Crippen molar-refractivity contribution in [1.82, 2.24) is 20.1 Å². The van der Waals surface area contributed by atoms with Gasteiger partial charge >= 0.3 is 6.03 Å². The summed E-state index contributed by atoms with van der Waals surface area (Å²) in [7, 11) is 1.64. The van der Waals surface area contributed by atoms with E-state index in [0.29, 0.717) is 35.0 Å². The molecule has 0 unspecified atom stereocenters. The molecule has 1 aromatic carbocycles. The van der Waals surface area contributed by atoms with E-state index < -0.39 is 18.0 Å². The topological polar surface area (TPSA) is 98.6 Å². The van der Waals surface area contributed by atoms with Crippen LogP contribution in [0.2, 0.25) is 0 Å². The van der Waals surface area contributed by atoms with Gasteiger partial charge in [-0.1, -0.05) is 17.9 Å². The van der Waals surface area contributed by atoms with Crippen LogP contribution in [0.3, 0.4) is 0 Å². The molecule has 2 amide bonds. The molecule has 1 atom stereocenters. The van der Waals surface area contributed by atoms with Gasteiger partial charge < -0.3 is 19.7 Å². The summed E-state index contributed by atoms with van der Waals surface area (Å²) in [4.78, 5) is 31.3. The molecule has 1 N–H and O–H groups in total. The summed E-state index contributed by atoms with van der Waals surface area (Å²) < 4.78 is 25.7. The van der Waals surface area contributed by atoms with Gasteiger partial charge in [-0.2, -0.15) is 14.2 Å². The summed E-state index contributed by atoms with van der Waals surface area (Å²) in [6.07, 6.45) is 5.17. The number of hydrogen-bond acceptors (Lipinski definition) is 6. The zero-order chi connectivity index (χ0) is 25.8. The zero-order valence-electron chi connectivity index (χ0n) is 20.3. The Morgan fingerprint density at radius 1 is 1.24 bits per heavy atom. The number of nitrogens with zero attached hydrogens (tertiary/aromatic N) is 4. The van der Waals surface area contributed by atoms with E-state index in [4.69, 9.17) is 9.47 Å². The number of pyridine rings is 1. The number of halogens is 1. The summed E-state index contributed by atoms with van der Waals surface area (Å²) >= 11 is 0. The van der Waals surface area contributed by atoms with E-state index >= 15 is 0 Å². The van der Waals surface area contributed by atoms with Crippen LogP contribution >= 0.6 is 0 Å². The standard InChI is InChI=1S/C27H26FN5O4/c1-32-23-14-19(6-5-18-9-11-36-12-10-18)7-8-24(23)37-17-22(26(32)34)31-27(35)33-16-20(15-29-33)13-21-3-2-4-25(28)30-21/h2-4,7-8,14-16,18,22H,9-13,17H2,1H3,(H,31,35)/t22-/m1/s1. The minimum atomic E-state index is -0.917. The van der Waals surface area contributed by atoms with Crippen molar-refractivity contribution in [3.8, 4) is 17.6 Å². The third-order valence-corrected chi connectivity index (χ3v) is 6.30. The molecule has 1 fully saturated rings. The van der Waals surface area contributed by atoms with E-state index in [1.165, 1.54) is 23.4 Å². The SMILES string of the molecule is CN1C(=O)[C@H](NC(=O)n2cc(Cc3cccc(F)n3)cn2)COc2ccc(C#CC3CCOCC3)cc21. The maximum Gasteiger partial charge on any atom is 0.342 e. The highest BCUT2D eigenvalue weighted by Crippen LogP contribution is 2.31. The lowest BCUT2D eigenvalue weighted by atomic mass is 10.0. The van der Waals surface area contributed by atoms with Crippen LogP contribution in [0.5, 0.6) is 5.75 Å². The van der Waals surface area contributed by atoms with E-state index in [9.17, 15) is 14.0 Å². The number of carbonyl (C=O) groups is 2. The maximum atomic E-state index is 13.3. The molecule has 3 aromatic rings. The van der Waals surface area contributed by atoms with E-state index in [0.717, 1.165) is 36.3 Å². The van der Waals surface area contributed by atoms with Crippen molar-refractivity contribution < 1.29 is 23.5 Å². The summed E-state index contributed by atoms with van der Waals surface area (Å²) in [5.74, 6) is 6.44. The minimum absolute atomic E-state index is 0.0314. The van der Waals surface area contributed by atoms with Gasteiger partial charge in [0.05, 0.1) is 11.9 Å². The summed E-state index contributed by atoms with van der Waals surface area (Å²) in [6, 6.07) is 8.51. The molecule has 2 aromatic heterocycles. The van der Waals surface area contributed by atoms with Gasteiger partial charge in [0.15, 0.2) is 0 Å². The third-order valence-electron chi connectivity index (χ3n) is 6.30. The normalized spacial score (nSPS) is 17.7. The molecule has 0 radical (unpaired) electrons. The quantitative estimate of drug-likeness (QED) is 0.436. The van der Waals surface area contributed by atoms with E-state index in [-0.39, 0.29) is 12.5 Å². The van der Waals surface area contributed by atoms with E-state index in [2.05, 4.69) is 27.2 Å². The Labute approximate surface area is 213 Å². The average Bonchev–Trinajstić information content (AvgIpc) is 3.34. The Morgan fingerprint density at radius 2 is 2.08 bits per heavy atom. The van der Waals surface area contributed by atoms with Gasteiger partial charge in [-0.05, 0) is 48.7 Å². The van der Waals surface area contributed by atoms with Gasteiger partial charge in [0.1, 0.15) is 18.4 Å². The Kier molecular flexibility index (Phi) is 7.14. The molecule has 10 heteroatoms. The van der Waals surface area contributed by atoms with Gasteiger partial charge in [-0.15, -0.1) is 0 Å². The lowest BCUT2D eigenvalue weighted by Crippen LogP contribution is -2.50. The number of anilines is 1. The van der Waals surface area contributed by atoms with Crippen LogP contribution in [0.4, 0.5) is 14.9 Å². The molecular weight excluding hydrogens is 477 g/mol. The smallest absolute Gasteiger partial charge is 0.342 e. The van der Waals surface area contributed by atoms with Crippen molar-refractivity contribution >= 4 is 17.6 Å². The number of rotatable bonds is 3. The van der Waals surface area contributed by atoms with Crippen molar-refractivity contribution in [2.75, 3.05) is 31.8 Å². The first-order valence-electron chi connectivity index (χ1n) is 12.1. The highest BCUT2D eigenvalue weighted by molar-refractivity contribution is 6.00. The second-order valence-corrected chi connectivity index (χ2v) is 8.97. The Bertz CT molecular complexity index is 1370. The van der Waals surface area contributed by atoms with Crippen LogP contribution in [0.1, 0.15) is 29.7 Å². The summed E-state index contributed by atoms with van der Waals surface area (Å²) in [5.41, 5.74) is 2.57. The minimum Gasteiger partial charge on any atom is -0.489 e. The first-order chi connectivity index (χ1) is 18.0. The molecule has 4 heterocycles. The number of benzene rings is 1. The number of aromatic nitrogens is 3. The lowest BCUT2D eigenvalue weighted by molar-refractivity contribution is -0.120. The molecule has 0 saturated carbocycles. The van der Waals surface area contributed by atoms with Crippen LogP contribution in [0, 0.1) is 23.7 Å². The van der Waals surface area contributed by atoms with Crippen LogP contribution < -0.4 is 15.0 Å². The molecule has 1 saturated heterocycles. The van der Waals surface area contributed by atoms with Crippen LogP contribution in [0.25, 0.3) is 0 Å². The predicted molar refractivity (Wildman–Crippen MR) is 133 cm³/mol. The number of carbonyl (C=O) groups excluding carboxylic acids is 2. The number of likely N-dealkylation sites (N-methyl/N-ethyl adjacent to an activating group) is 1. The first-order valence-corrected chi connectivity index (χ1v) is 12.1. The molecule has 37 heavy (non-hydrogen) atoms. The van der Waals surface area contributed by atoms with Gasteiger partial charge in [0.25, 0.3) is 5.91 Å². The van der Waals surface area contributed by atoms with Crippen molar-refractivity contribution in [3.05, 3.63) is 71.6 Å². The molecule has 0 aliphatic carbocycles. The molecule has 5 rings (SSSR count). The Morgan fingerprint density at radius 3 is 2.89 bits per heavy atom. The predicted octanol–water partition coefficient (Wildman–Crippen LogP) is 2.77. The van der Waals surface area contributed by atoms with Crippen molar-refractivity contribution in [2.45, 2.75) is 25.3 Å². The lowest BCUT2D eigenvalue weighted by Gasteiger charge is -2.20. The largest absolute Gasteiger partial charge is 0.489 e. The fraction of sp³-hybridized carbons (Fsp3) is 0.333. The molecule has 0 spiro atoms. The molecule has 0 bridgehead atoms. The highest BCUT2D eigenvalue weighted by atomic mass is 19.1. The maximum absolute atomic E-state index is 13.3. The number of fused-ring (bicyclic) bond motifs is 1. The molecule has 2 aliphatic rings. The molecule has 2 aliphatic heterocycles. The van der Waals surface area contributed by atoms with E-state index in [1.807, 2.05) is 12.1 Å². The van der Waals surface area contributed by atoms with Crippen LogP contribution in [0.15, 0.2) is 48.8 Å². The number of hydrogen-bond donors (Lipinski definition) is 1. The van der Waals surface area contributed by atoms with Crippen molar-refractivity contribution in [2.24, 2.45) is 5.92 Å². The average molecular weight is 504 g/mol. The second-order valence-electron chi connectivity index (χ2n) is 8.97. The highest BCUT2D eigenvalue weighted by Gasteiger charge is 2.31. The summed E-state index contributed by atoms with van der Waals surface area (Å²) in [5, 5.41) is 6.76. The van der Waals surface area contributed by atoms with Crippen LogP contribution in [-0.4, -0.2) is 59.6 Å². The van der Waals surface area contributed by atoms with Crippen molar-refractivity contribution in [3.63, 3.8) is 0 Å². The monoisotopic (exact) mass is 503 g/mol. The van der Waals surface area contributed by atoms with E-state index in [1.54, 1.807) is 25.2 Å². The van der Waals surface area contributed by atoms with Gasteiger partial charge in [-0.25, -0.2) is 9.78 Å². The zero-order valence-corrected chi connectivity index (χ0v) is 20.3. The second kappa shape index (κ2) is 10.8. The van der Waals surface area contributed by atoms with Crippen LogP contribution in [-0.2, 0) is 16.0 Å². The number of amides is 2. The van der Waals surface area contributed by atoms with Crippen molar-refractivity contribution in [1.29, 1.82) is 0 Å². The summed E-state index contributed by atoms with van der Waals surface area (Å²) in [6.45, 7) is 1.42. The Balaban J connectivity index is 1.25. The first kappa shape index (κ1) is 24.5.